The Balaban J connectivity index is 2.25. The van der Waals surface area contributed by atoms with Gasteiger partial charge in [-0.25, -0.2) is 0 Å². The molecule has 0 aromatic carbocycles. The molecule has 0 saturated heterocycles. The molecule has 0 amide bonds. The van der Waals surface area contributed by atoms with Crippen molar-refractivity contribution in [3.63, 3.8) is 0 Å². The summed E-state index contributed by atoms with van der Waals surface area (Å²) in [5, 5.41) is 2.13. The maximum atomic E-state index is 13.0. The van der Waals surface area contributed by atoms with E-state index in [9.17, 15) is 4.79 Å². The largest absolute Gasteiger partial charge is 0.299 e. The van der Waals surface area contributed by atoms with E-state index in [0.29, 0.717) is 12.2 Å². The van der Waals surface area contributed by atoms with Crippen molar-refractivity contribution < 1.29 is 4.79 Å². The van der Waals surface area contributed by atoms with Crippen molar-refractivity contribution in [2.45, 2.75) is 149 Å². The van der Waals surface area contributed by atoms with E-state index in [1.54, 1.807) is 11.3 Å². The van der Waals surface area contributed by atoms with Crippen LogP contribution in [0.2, 0.25) is 0 Å². The van der Waals surface area contributed by atoms with Gasteiger partial charge >= 0.3 is 0 Å². The third-order valence-corrected chi connectivity index (χ3v) is 8.32. The van der Waals surface area contributed by atoms with Gasteiger partial charge in [0.25, 0.3) is 0 Å². The first-order chi connectivity index (χ1) is 15.7. The van der Waals surface area contributed by atoms with Gasteiger partial charge in [0, 0.05) is 12.3 Å². The molecule has 0 aliphatic carbocycles. The molecule has 1 aromatic heterocycles. The van der Waals surface area contributed by atoms with Gasteiger partial charge in [-0.05, 0) is 45.8 Å². The van der Waals surface area contributed by atoms with Crippen molar-refractivity contribution >= 4 is 33.0 Å². The fourth-order valence-corrected chi connectivity index (χ4v) is 5.86. The van der Waals surface area contributed by atoms with Gasteiger partial charge in [-0.3, -0.25) is 4.79 Å². The molecule has 0 fully saturated rings. The Morgan fingerprint density at radius 3 is 1.50 bits per heavy atom. The van der Waals surface area contributed by atoms with Crippen LogP contribution < -0.4 is 0 Å². The molecule has 0 bridgehead atoms. The molecule has 186 valence electrons. The van der Waals surface area contributed by atoms with Gasteiger partial charge in [0.05, 0.1) is 3.79 Å². The van der Waals surface area contributed by atoms with Crippen molar-refractivity contribution in [1.82, 2.24) is 0 Å². The quantitative estimate of drug-likeness (QED) is 0.129. The minimum Gasteiger partial charge on any atom is -0.299 e. The van der Waals surface area contributed by atoms with Crippen LogP contribution in [0.3, 0.4) is 0 Å². The zero-order chi connectivity index (χ0) is 23.3. The topological polar surface area (TPSA) is 17.1 Å². The number of unbranched alkanes of at least 4 members (excludes halogenated alkanes) is 16. The minimum absolute atomic E-state index is 0.280. The van der Waals surface area contributed by atoms with Gasteiger partial charge in [-0.15, -0.1) is 11.3 Å². The average molecular weight is 528 g/mol. The Labute approximate surface area is 212 Å². The zero-order valence-corrected chi connectivity index (χ0v) is 23.7. The van der Waals surface area contributed by atoms with Crippen LogP contribution in [0, 0.1) is 5.92 Å². The van der Waals surface area contributed by atoms with Crippen molar-refractivity contribution in [3.05, 3.63) is 20.8 Å². The average Bonchev–Trinajstić information content (AvgIpc) is 3.19. The zero-order valence-electron chi connectivity index (χ0n) is 21.3. The van der Waals surface area contributed by atoms with Crippen LogP contribution in [-0.4, -0.2) is 5.78 Å². The van der Waals surface area contributed by atoms with Crippen LogP contribution >= 0.6 is 27.3 Å². The molecule has 0 saturated carbocycles. The van der Waals surface area contributed by atoms with Crippen molar-refractivity contribution in [2.24, 2.45) is 5.92 Å². The third-order valence-electron chi connectivity index (χ3n) is 6.77. The summed E-state index contributed by atoms with van der Waals surface area (Å²) in [5.74, 6) is 0.761. The maximum Gasteiger partial charge on any atom is 0.140 e. The molecular weight excluding hydrogens is 476 g/mol. The first-order valence-electron chi connectivity index (χ1n) is 13.9. The lowest BCUT2D eigenvalue weighted by molar-refractivity contribution is -0.122. The molecule has 0 aliphatic rings. The molecule has 1 aromatic rings. The SMILES string of the molecule is CCCCCCCCCCCCC(CCCCCCCCCC)C(=O)Cc1csc(Br)c1. The van der Waals surface area contributed by atoms with Gasteiger partial charge < -0.3 is 0 Å². The molecular formula is C29H51BrOS. The summed E-state index contributed by atoms with van der Waals surface area (Å²) < 4.78 is 1.13. The second kappa shape index (κ2) is 21.4. The molecule has 0 spiro atoms. The highest BCUT2D eigenvalue weighted by molar-refractivity contribution is 9.11. The summed E-state index contributed by atoms with van der Waals surface area (Å²) in [7, 11) is 0. The number of rotatable bonds is 23. The standard InChI is InChI=1S/C29H51BrOS/c1-3-5-7-9-11-13-14-16-18-20-22-27(21-19-17-15-12-10-8-6-4-2)28(31)23-26-24-29(30)32-25-26/h24-25,27H,3-23H2,1-2H3. The predicted molar refractivity (Wildman–Crippen MR) is 148 cm³/mol. The van der Waals surface area contributed by atoms with E-state index in [1.807, 2.05) is 0 Å². The number of carbonyl (C=O) groups is 1. The highest BCUT2D eigenvalue weighted by atomic mass is 79.9. The summed E-state index contributed by atoms with van der Waals surface area (Å²) in [4.78, 5) is 13.0. The lowest BCUT2D eigenvalue weighted by Gasteiger charge is -2.16. The van der Waals surface area contributed by atoms with E-state index in [0.717, 1.165) is 16.6 Å². The molecule has 0 aliphatic heterocycles. The predicted octanol–water partition coefficient (Wildman–Crippen LogP) is 11.1. The van der Waals surface area contributed by atoms with Crippen molar-refractivity contribution in [2.75, 3.05) is 0 Å². The van der Waals surface area contributed by atoms with Crippen LogP contribution in [-0.2, 0) is 11.2 Å². The summed E-state index contributed by atoms with van der Waals surface area (Å²) >= 11 is 5.23. The summed E-state index contributed by atoms with van der Waals surface area (Å²) in [6, 6.07) is 2.12. The number of hydrogen-bond acceptors (Lipinski definition) is 2. The van der Waals surface area contributed by atoms with Gasteiger partial charge in [-0.2, -0.15) is 0 Å². The molecule has 1 rings (SSSR count). The van der Waals surface area contributed by atoms with Crippen LogP contribution in [0.15, 0.2) is 15.2 Å². The van der Waals surface area contributed by atoms with E-state index < -0.39 is 0 Å². The Morgan fingerprint density at radius 1 is 0.719 bits per heavy atom. The Bertz CT molecular complexity index is 553. The second-order valence-corrected chi connectivity index (χ2v) is 12.1. The van der Waals surface area contributed by atoms with E-state index in [1.165, 1.54) is 121 Å². The van der Waals surface area contributed by atoms with E-state index >= 15 is 0 Å². The summed E-state index contributed by atoms with van der Waals surface area (Å²) in [6.45, 7) is 4.56. The van der Waals surface area contributed by atoms with Crippen LogP contribution in [0.25, 0.3) is 0 Å². The number of thiophene rings is 1. The lowest BCUT2D eigenvalue weighted by atomic mass is 9.88. The smallest absolute Gasteiger partial charge is 0.140 e. The molecule has 0 N–H and O–H groups in total. The monoisotopic (exact) mass is 526 g/mol. The van der Waals surface area contributed by atoms with Crippen LogP contribution in [0.1, 0.15) is 148 Å². The molecule has 1 nitrogen and oxygen atoms in total. The van der Waals surface area contributed by atoms with Crippen LogP contribution in [0.4, 0.5) is 0 Å². The van der Waals surface area contributed by atoms with Gasteiger partial charge in [0.2, 0.25) is 0 Å². The normalized spacial score (nSPS) is 12.3. The highest BCUT2D eigenvalue weighted by Crippen LogP contribution is 2.25. The second-order valence-electron chi connectivity index (χ2n) is 9.83. The van der Waals surface area contributed by atoms with E-state index in [-0.39, 0.29) is 5.92 Å². The molecule has 32 heavy (non-hydrogen) atoms. The molecule has 1 heterocycles. The van der Waals surface area contributed by atoms with E-state index in [2.05, 4.69) is 41.2 Å². The molecule has 1 atom stereocenters. The Morgan fingerprint density at radius 2 is 1.12 bits per heavy atom. The first-order valence-corrected chi connectivity index (χ1v) is 15.6. The Hall–Kier alpha value is -0.150. The molecule has 3 heteroatoms. The number of Topliss-reactive ketones (excluding diaryl/α,β-unsaturated/α-hetero) is 1. The fourth-order valence-electron chi connectivity index (χ4n) is 4.65. The number of halogens is 1. The van der Waals surface area contributed by atoms with Gasteiger partial charge in [0.1, 0.15) is 5.78 Å². The number of ketones is 1. The Kier molecular flexibility index (Phi) is 20.0. The van der Waals surface area contributed by atoms with Crippen LogP contribution in [0.5, 0.6) is 0 Å². The number of hydrogen-bond donors (Lipinski definition) is 0. The minimum atomic E-state index is 0.280. The summed E-state index contributed by atoms with van der Waals surface area (Å²) in [5.41, 5.74) is 1.19. The lowest BCUT2D eigenvalue weighted by Crippen LogP contribution is -2.17. The molecule has 0 radical (unpaired) electrons. The number of carbonyl (C=O) groups excluding carboxylic acids is 1. The van der Waals surface area contributed by atoms with Gasteiger partial charge in [-0.1, -0.05) is 129 Å². The highest BCUT2D eigenvalue weighted by Gasteiger charge is 2.18. The first kappa shape index (κ1) is 29.9. The molecule has 1 unspecified atom stereocenters. The third kappa shape index (κ3) is 16.5. The van der Waals surface area contributed by atoms with Crippen molar-refractivity contribution in [1.29, 1.82) is 0 Å². The van der Waals surface area contributed by atoms with Crippen molar-refractivity contribution in [3.8, 4) is 0 Å². The summed E-state index contributed by atoms with van der Waals surface area (Å²) in [6.07, 6.45) is 27.2. The van der Waals surface area contributed by atoms with Gasteiger partial charge in [0.15, 0.2) is 0 Å². The fraction of sp³-hybridized carbons (Fsp3) is 0.828. The van der Waals surface area contributed by atoms with E-state index in [4.69, 9.17) is 0 Å². The maximum absolute atomic E-state index is 13.0.